The molecule has 7 heteroatoms. The molecule has 0 aliphatic carbocycles. The number of ether oxygens (including phenoxy) is 1. The van der Waals surface area contributed by atoms with E-state index >= 15 is 0 Å². The van der Waals surface area contributed by atoms with Crippen LogP contribution in [-0.4, -0.2) is 28.0 Å². The van der Waals surface area contributed by atoms with Gasteiger partial charge in [-0.3, -0.25) is 9.52 Å². The lowest BCUT2D eigenvalue weighted by atomic mass is 10.1. The third-order valence-electron chi connectivity index (χ3n) is 4.91. The fraction of sp³-hybridized carbons (Fsp3) is 0.174. The second kappa shape index (κ2) is 8.90. The molecule has 0 aliphatic rings. The lowest BCUT2D eigenvalue weighted by Gasteiger charge is -2.10. The van der Waals surface area contributed by atoms with E-state index in [1.165, 1.54) is 6.26 Å². The smallest absolute Gasteiger partial charge is 0.279 e. The van der Waals surface area contributed by atoms with Crippen molar-refractivity contribution in [1.29, 1.82) is 0 Å². The van der Waals surface area contributed by atoms with Gasteiger partial charge in [0.05, 0.1) is 6.61 Å². The van der Waals surface area contributed by atoms with Gasteiger partial charge in [0.2, 0.25) is 0 Å². The molecular formula is C23H21ClN2O3S. The molecule has 1 aromatic heterocycles. The van der Waals surface area contributed by atoms with Crippen LogP contribution in [0, 0.1) is 0 Å². The lowest BCUT2D eigenvalue weighted by molar-refractivity contribution is 0.0978. The predicted octanol–water partition coefficient (Wildman–Crippen LogP) is 5.01. The van der Waals surface area contributed by atoms with Crippen LogP contribution in [0.4, 0.5) is 0 Å². The molecule has 0 saturated carbocycles. The average Bonchev–Trinajstić information content (AvgIpc) is 3.08. The number of carbonyl (C=O) groups excluding carboxylic acids is 1. The Kier molecular flexibility index (Phi) is 6.06. The van der Waals surface area contributed by atoms with E-state index in [-0.39, 0.29) is 0 Å². The molecule has 1 amide bonds. The number of halogens is 1. The van der Waals surface area contributed by atoms with Gasteiger partial charge in [-0.25, -0.2) is 4.21 Å². The van der Waals surface area contributed by atoms with Gasteiger partial charge in [-0.05, 0) is 42.0 Å². The number of aryl methyl sites for hydroxylation is 1. The van der Waals surface area contributed by atoms with Gasteiger partial charge in [0.15, 0.2) is 0 Å². The van der Waals surface area contributed by atoms with E-state index in [0.29, 0.717) is 30.2 Å². The van der Waals surface area contributed by atoms with Crippen molar-refractivity contribution < 1.29 is 13.7 Å². The number of rotatable bonds is 7. The summed E-state index contributed by atoms with van der Waals surface area (Å²) in [7, 11) is -1.45. The number of amides is 1. The van der Waals surface area contributed by atoms with E-state index in [1.54, 1.807) is 12.1 Å². The van der Waals surface area contributed by atoms with Crippen molar-refractivity contribution in [3.8, 4) is 5.75 Å². The standard InChI is InChI=1S/C23H21ClN2O3S/c1-30(28)26-23(27)22-19(18-12-11-16(24)14-20(18)25-22)9-5-13-29-21-10-4-7-15-6-2-3-8-17(15)21/h2-4,6-8,10-12,14,25H,5,9,13H2,1H3,(H,26,27). The highest BCUT2D eigenvalue weighted by molar-refractivity contribution is 7.82. The molecule has 0 saturated heterocycles. The molecule has 0 bridgehead atoms. The van der Waals surface area contributed by atoms with E-state index in [0.717, 1.165) is 33.0 Å². The molecule has 3 aromatic carbocycles. The zero-order valence-electron chi connectivity index (χ0n) is 16.4. The van der Waals surface area contributed by atoms with Crippen molar-refractivity contribution in [2.75, 3.05) is 12.9 Å². The van der Waals surface area contributed by atoms with Gasteiger partial charge in [0.25, 0.3) is 5.91 Å². The second-order valence-corrected chi connectivity index (χ2v) is 8.53. The van der Waals surface area contributed by atoms with Crippen LogP contribution in [0.25, 0.3) is 21.7 Å². The summed E-state index contributed by atoms with van der Waals surface area (Å²) in [6.07, 6.45) is 2.77. The van der Waals surface area contributed by atoms with Crippen molar-refractivity contribution in [1.82, 2.24) is 9.71 Å². The largest absolute Gasteiger partial charge is 0.493 e. The summed E-state index contributed by atoms with van der Waals surface area (Å²) in [6, 6.07) is 19.6. The molecule has 1 atom stereocenters. The first-order valence-corrected chi connectivity index (χ1v) is 11.5. The SMILES string of the molecule is CS(=O)NC(=O)c1[nH]c2cc(Cl)ccc2c1CCCOc1cccc2ccccc12. The predicted molar refractivity (Wildman–Crippen MR) is 123 cm³/mol. The maximum Gasteiger partial charge on any atom is 0.279 e. The minimum absolute atomic E-state index is 0.395. The van der Waals surface area contributed by atoms with E-state index in [2.05, 4.69) is 21.8 Å². The van der Waals surface area contributed by atoms with Gasteiger partial charge in [-0.2, -0.15) is 0 Å². The third kappa shape index (κ3) is 4.35. The molecule has 5 nitrogen and oxygen atoms in total. The van der Waals surface area contributed by atoms with Crippen molar-refractivity contribution in [3.63, 3.8) is 0 Å². The number of benzene rings is 3. The van der Waals surface area contributed by atoms with Gasteiger partial charge in [-0.1, -0.05) is 54.1 Å². The maximum absolute atomic E-state index is 12.5. The Morgan fingerprint density at radius 3 is 2.73 bits per heavy atom. The molecule has 4 aromatic rings. The second-order valence-electron chi connectivity index (χ2n) is 6.98. The summed E-state index contributed by atoms with van der Waals surface area (Å²) in [6.45, 7) is 0.509. The summed E-state index contributed by atoms with van der Waals surface area (Å²) in [5.74, 6) is 0.450. The Hall–Kier alpha value is -2.83. The fourth-order valence-corrected chi connectivity index (χ4v) is 4.15. The van der Waals surface area contributed by atoms with Gasteiger partial charge in [0, 0.05) is 27.6 Å². The number of carbonyl (C=O) groups is 1. The van der Waals surface area contributed by atoms with Crippen LogP contribution in [0.15, 0.2) is 60.7 Å². The zero-order valence-corrected chi connectivity index (χ0v) is 18.0. The van der Waals surface area contributed by atoms with Crippen LogP contribution in [0.2, 0.25) is 5.02 Å². The van der Waals surface area contributed by atoms with Crippen molar-refractivity contribution >= 4 is 50.2 Å². The minimum Gasteiger partial charge on any atom is -0.493 e. The summed E-state index contributed by atoms with van der Waals surface area (Å²) in [4.78, 5) is 15.7. The van der Waals surface area contributed by atoms with E-state index in [9.17, 15) is 9.00 Å². The summed E-state index contributed by atoms with van der Waals surface area (Å²) in [5.41, 5.74) is 2.05. The van der Waals surface area contributed by atoms with Crippen LogP contribution in [0.1, 0.15) is 22.5 Å². The Morgan fingerprint density at radius 1 is 1.10 bits per heavy atom. The lowest BCUT2D eigenvalue weighted by Crippen LogP contribution is -2.26. The number of hydrogen-bond acceptors (Lipinski definition) is 3. The average molecular weight is 441 g/mol. The first-order chi connectivity index (χ1) is 14.5. The molecule has 2 N–H and O–H groups in total. The van der Waals surface area contributed by atoms with Crippen LogP contribution in [-0.2, 0) is 17.4 Å². The highest BCUT2D eigenvalue weighted by Gasteiger charge is 2.18. The number of hydrogen-bond donors (Lipinski definition) is 2. The van der Waals surface area contributed by atoms with Crippen molar-refractivity contribution in [3.05, 3.63) is 76.9 Å². The van der Waals surface area contributed by atoms with Crippen LogP contribution in [0.3, 0.4) is 0 Å². The number of aromatic nitrogens is 1. The minimum atomic E-state index is -1.45. The quantitative estimate of drug-likeness (QED) is 0.397. The van der Waals surface area contributed by atoms with Gasteiger partial charge in [0.1, 0.15) is 22.4 Å². The summed E-state index contributed by atoms with van der Waals surface area (Å²) < 4.78 is 19.9. The van der Waals surface area contributed by atoms with E-state index in [4.69, 9.17) is 16.3 Å². The third-order valence-corrected chi connectivity index (χ3v) is 5.62. The molecule has 1 heterocycles. The number of H-pyrrole nitrogens is 1. The van der Waals surface area contributed by atoms with E-state index in [1.807, 2.05) is 36.4 Å². The summed E-state index contributed by atoms with van der Waals surface area (Å²) in [5, 5.41) is 3.72. The van der Waals surface area contributed by atoms with Crippen LogP contribution >= 0.6 is 11.6 Å². The van der Waals surface area contributed by atoms with Gasteiger partial charge >= 0.3 is 0 Å². The Balaban J connectivity index is 1.53. The topological polar surface area (TPSA) is 71.2 Å². The molecule has 0 radical (unpaired) electrons. The highest BCUT2D eigenvalue weighted by Crippen LogP contribution is 2.28. The molecule has 0 aliphatic heterocycles. The number of nitrogens with one attached hydrogen (secondary N) is 2. The van der Waals surface area contributed by atoms with Crippen molar-refractivity contribution in [2.45, 2.75) is 12.8 Å². The molecular weight excluding hydrogens is 420 g/mol. The van der Waals surface area contributed by atoms with Crippen LogP contribution in [0.5, 0.6) is 5.75 Å². The van der Waals surface area contributed by atoms with Gasteiger partial charge < -0.3 is 9.72 Å². The van der Waals surface area contributed by atoms with Gasteiger partial charge in [-0.15, -0.1) is 0 Å². The van der Waals surface area contributed by atoms with Crippen molar-refractivity contribution in [2.24, 2.45) is 0 Å². The molecule has 0 spiro atoms. The van der Waals surface area contributed by atoms with E-state index < -0.39 is 16.9 Å². The molecule has 154 valence electrons. The number of aromatic amines is 1. The normalized spacial score (nSPS) is 12.2. The van der Waals surface area contributed by atoms with Crippen LogP contribution < -0.4 is 9.46 Å². The first kappa shape index (κ1) is 20.4. The first-order valence-electron chi connectivity index (χ1n) is 9.58. The molecule has 1 unspecified atom stereocenters. The maximum atomic E-state index is 12.5. The number of fused-ring (bicyclic) bond motifs is 2. The molecule has 0 fully saturated rings. The molecule has 4 rings (SSSR count). The highest BCUT2D eigenvalue weighted by atomic mass is 35.5. The fourth-order valence-electron chi connectivity index (χ4n) is 3.62. The Bertz CT molecular complexity index is 1250. The molecule has 30 heavy (non-hydrogen) atoms. The zero-order chi connectivity index (χ0) is 21.1. The Labute approximate surface area is 182 Å². The monoisotopic (exact) mass is 440 g/mol. The Morgan fingerprint density at radius 2 is 1.90 bits per heavy atom. The summed E-state index contributed by atoms with van der Waals surface area (Å²) >= 11 is 6.10.